The van der Waals surface area contributed by atoms with Gasteiger partial charge in [0.05, 0.1) is 5.41 Å². The van der Waals surface area contributed by atoms with Crippen LogP contribution < -0.4 is 0 Å². The van der Waals surface area contributed by atoms with E-state index in [1.54, 1.807) is 0 Å². The van der Waals surface area contributed by atoms with Crippen LogP contribution in [0.1, 0.15) is 55.2 Å². The molecule has 2 heterocycles. The number of hydrogen-bond acceptors (Lipinski definition) is 2. The number of rotatable bonds is 6. The van der Waals surface area contributed by atoms with E-state index >= 15 is 0 Å². The fourth-order valence-electron chi connectivity index (χ4n) is 5.46. The molecule has 2 aromatic rings. The van der Waals surface area contributed by atoms with Crippen molar-refractivity contribution in [1.29, 1.82) is 0 Å². The zero-order valence-electron chi connectivity index (χ0n) is 18.1. The number of nitrogens with zero attached hydrogens (tertiary/aromatic N) is 2. The van der Waals surface area contributed by atoms with Crippen molar-refractivity contribution in [3.8, 4) is 0 Å². The summed E-state index contributed by atoms with van der Waals surface area (Å²) in [6.45, 7) is 5.45. The summed E-state index contributed by atoms with van der Waals surface area (Å²) < 4.78 is 0. The molecule has 5 rings (SSSR count). The maximum Gasteiger partial charge on any atom is 0.233 e. The van der Waals surface area contributed by atoms with E-state index in [0.717, 1.165) is 51.7 Å². The van der Waals surface area contributed by atoms with Crippen molar-refractivity contribution in [2.75, 3.05) is 26.2 Å². The average Bonchev–Trinajstić information content (AvgIpc) is 3.46. The van der Waals surface area contributed by atoms with Gasteiger partial charge < -0.3 is 4.90 Å². The SMILES string of the molecule is O=C(N1CCC(Cc2ccc(CN3CCCC3)cc2)CC1)C1(c2ccccc2)CC1. The molecule has 1 amide bonds. The number of benzene rings is 2. The van der Waals surface area contributed by atoms with Gasteiger partial charge in [0.2, 0.25) is 5.91 Å². The van der Waals surface area contributed by atoms with Crippen molar-refractivity contribution in [2.24, 2.45) is 5.92 Å². The minimum absolute atomic E-state index is 0.209. The Balaban J connectivity index is 1.12. The number of amides is 1. The number of hydrogen-bond donors (Lipinski definition) is 0. The molecule has 0 aromatic heterocycles. The molecule has 3 nitrogen and oxygen atoms in total. The molecule has 1 aliphatic carbocycles. The summed E-state index contributed by atoms with van der Waals surface area (Å²) in [7, 11) is 0. The van der Waals surface area contributed by atoms with Crippen molar-refractivity contribution in [1.82, 2.24) is 9.80 Å². The molecule has 2 aromatic carbocycles. The molecule has 0 spiro atoms. The standard InChI is InChI=1S/C27H34N2O/c30-26(27(14-15-27)25-6-2-1-3-7-25)29-18-12-23(13-19-29)20-22-8-10-24(11-9-22)21-28-16-4-5-17-28/h1-3,6-11,23H,4-5,12-21H2. The summed E-state index contributed by atoms with van der Waals surface area (Å²) in [4.78, 5) is 18.0. The van der Waals surface area contributed by atoms with Gasteiger partial charge >= 0.3 is 0 Å². The second-order valence-electron chi connectivity index (χ2n) is 9.69. The fourth-order valence-corrected chi connectivity index (χ4v) is 5.46. The first kappa shape index (κ1) is 19.8. The third-order valence-corrected chi connectivity index (χ3v) is 7.54. The number of carbonyl (C=O) groups excluding carboxylic acids is 1. The van der Waals surface area contributed by atoms with Crippen LogP contribution in [0.25, 0.3) is 0 Å². The normalized spacial score (nSPS) is 21.7. The van der Waals surface area contributed by atoms with Gasteiger partial charge in [0.25, 0.3) is 0 Å². The van der Waals surface area contributed by atoms with E-state index in [1.807, 2.05) is 6.07 Å². The summed E-state index contributed by atoms with van der Waals surface area (Å²) in [6.07, 6.45) is 8.14. The summed E-state index contributed by atoms with van der Waals surface area (Å²) in [5, 5.41) is 0. The lowest BCUT2D eigenvalue weighted by Gasteiger charge is -2.34. The molecular formula is C27H34N2O. The van der Waals surface area contributed by atoms with Gasteiger partial charge in [-0.3, -0.25) is 9.69 Å². The van der Waals surface area contributed by atoms with Crippen molar-refractivity contribution in [3.63, 3.8) is 0 Å². The molecule has 0 radical (unpaired) electrons. The average molecular weight is 403 g/mol. The highest BCUT2D eigenvalue weighted by Crippen LogP contribution is 2.50. The predicted octanol–water partition coefficient (Wildman–Crippen LogP) is 4.80. The van der Waals surface area contributed by atoms with Crippen LogP contribution in [0.2, 0.25) is 0 Å². The topological polar surface area (TPSA) is 23.6 Å². The molecule has 3 aliphatic rings. The quantitative estimate of drug-likeness (QED) is 0.693. The van der Waals surface area contributed by atoms with Gasteiger partial charge in [0.1, 0.15) is 0 Å². The Morgan fingerprint density at radius 3 is 2.10 bits per heavy atom. The first-order chi connectivity index (χ1) is 14.7. The summed E-state index contributed by atoms with van der Waals surface area (Å²) in [6, 6.07) is 19.7. The molecular weight excluding hydrogens is 368 g/mol. The smallest absolute Gasteiger partial charge is 0.233 e. The van der Waals surface area contributed by atoms with Crippen molar-refractivity contribution in [2.45, 2.75) is 56.9 Å². The molecule has 0 atom stereocenters. The predicted molar refractivity (Wildman–Crippen MR) is 121 cm³/mol. The Morgan fingerprint density at radius 1 is 0.833 bits per heavy atom. The van der Waals surface area contributed by atoms with Gasteiger partial charge in [0, 0.05) is 19.6 Å². The van der Waals surface area contributed by atoms with E-state index < -0.39 is 0 Å². The Hall–Kier alpha value is -2.13. The zero-order chi connectivity index (χ0) is 20.4. The van der Waals surface area contributed by atoms with E-state index in [2.05, 4.69) is 58.3 Å². The van der Waals surface area contributed by atoms with Gasteiger partial charge in [-0.15, -0.1) is 0 Å². The minimum Gasteiger partial charge on any atom is -0.342 e. The molecule has 158 valence electrons. The fraction of sp³-hybridized carbons (Fsp3) is 0.519. The molecule has 0 bridgehead atoms. The lowest BCUT2D eigenvalue weighted by molar-refractivity contribution is -0.135. The van der Waals surface area contributed by atoms with Crippen molar-refractivity contribution < 1.29 is 4.79 Å². The third kappa shape index (κ3) is 4.18. The maximum absolute atomic E-state index is 13.2. The molecule has 3 heteroatoms. The lowest BCUT2D eigenvalue weighted by atomic mass is 9.88. The number of likely N-dealkylation sites (tertiary alicyclic amines) is 2. The maximum atomic E-state index is 13.2. The monoisotopic (exact) mass is 402 g/mol. The Labute approximate surface area is 181 Å². The second-order valence-corrected chi connectivity index (χ2v) is 9.69. The van der Waals surface area contributed by atoms with Crippen LogP contribution in [-0.2, 0) is 23.2 Å². The molecule has 0 N–H and O–H groups in total. The van der Waals surface area contributed by atoms with Crippen LogP contribution >= 0.6 is 0 Å². The first-order valence-electron chi connectivity index (χ1n) is 11.9. The molecule has 2 saturated heterocycles. The second kappa shape index (κ2) is 8.55. The van der Waals surface area contributed by atoms with Gasteiger partial charge in [-0.2, -0.15) is 0 Å². The number of carbonyl (C=O) groups is 1. The van der Waals surface area contributed by atoms with E-state index in [9.17, 15) is 4.79 Å². The molecule has 0 unspecified atom stereocenters. The van der Waals surface area contributed by atoms with Crippen molar-refractivity contribution >= 4 is 5.91 Å². The van der Waals surface area contributed by atoms with E-state index in [0.29, 0.717) is 11.8 Å². The Bertz CT molecular complexity index is 842. The van der Waals surface area contributed by atoms with E-state index in [1.165, 1.54) is 42.6 Å². The van der Waals surface area contributed by atoms with Crippen LogP contribution in [0.15, 0.2) is 54.6 Å². The van der Waals surface area contributed by atoms with Gasteiger partial charge in [-0.25, -0.2) is 0 Å². The van der Waals surface area contributed by atoms with Crippen LogP contribution in [0, 0.1) is 5.92 Å². The highest BCUT2D eigenvalue weighted by molar-refractivity contribution is 5.91. The van der Waals surface area contributed by atoms with Crippen LogP contribution in [0.4, 0.5) is 0 Å². The van der Waals surface area contributed by atoms with Crippen molar-refractivity contribution in [3.05, 3.63) is 71.3 Å². The zero-order valence-corrected chi connectivity index (χ0v) is 18.1. The highest BCUT2D eigenvalue weighted by Gasteiger charge is 2.53. The molecule has 3 fully saturated rings. The molecule has 2 aliphatic heterocycles. The van der Waals surface area contributed by atoms with Gasteiger partial charge in [-0.1, -0.05) is 54.6 Å². The lowest BCUT2D eigenvalue weighted by Crippen LogP contribution is -2.44. The van der Waals surface area contributed by atoms with E-state index in [-0.39, 0.29) is 5.41 Å². The van der Waals surface area contributed by atoms with E-state index in [4.69, 9.17) is 0 Å². The van der Waals surface area contributed by atoms with Gasteiger partial charge in [-0.05, 0) is 80.6 Å². The highest BCUT2D eigenvalue weighted by atomic mass is 16.2. The van der Waals surface area contributed by atoms with Crippen LogP contribution in [0.3, 0.4) is 0 Å². The molecule has 1 saturated carbocycles. The van der Waals surface area contributed by atoms with Crippen LogP contribution in [0.5, 0.6) is 0 Å². The van der Waals surface area contributed by atoms with Gasteiger partial charge in [0.15, 0.2) is 0 Å². The summed E-state index contributed by atoms with van der Waals surface area (Å²) in [5.74, 6) is 1.07. The number of piperidine rings is 1. The Morgan fingerprint density at radius 2 is 1.47 bits per heavy atom. The Kier molecular flexibility index (Phi) is 5.64. The van der Waals surface area contributed by atoms with Crippen LogP contribution in [-0.4, -0.2) is 41.9 Å². The summed E-state index contributed by atoms with van der Waals surface area (Å²) >= 11 is 0. The largest absolute Gasteiger partial charge is 0.342 e. The third-order valence-electron chi connectivity index (χ3n) is 7.54. The molecule has 30 heavy (non-hydrogen) atoms. The first-order valence-corrected chi connectivity index (χ1v) is 11.9. The summed E-state index contributed by atoms with van der Waals surface area (Å²) in [5.41, 5.74) is 3.90. The minimum atomic E-state index is -0.209.